The minimum absolute atomic E-state index is 0.116. The van der Waals surface area contributed by atoms with E-state index in [2.05, 4.69) is 4.99 Å². The van der Waals surface area contributed by atoms with Gasteiger partial charge >= 0.3 is 5.97 Å². The molecule has 0 atom stereocenters. The van der Waals surface area contributed by atoms with Crippen LogP contribution >= 0.6 is 0 Å². The van der Waals surface area contributed by atoms with Gasteiger partial charge in [-0.25, -0.2) is 9.79 Å². The number of carbonyl (C=O) groups excluding carboxylic acids is 1. The Morgan fingerprint density at radius 3 is 2.80 bits per heavy atom. The first kappa shape index (κ1) is 11.8. The van der Waals surface area contributed by atoms with Crippen LogP contribution in [0.15, 0.2) is 16.8 Å². The summed E-state index contributed by atoms with van der Waals surface area (Å²) in [6.07, 6.45) is 2.53. The third-order valence-corrected chi connectivity index (χ3v) is 2.10. The van der Waals surface area contributed by atoms with Crippen molar-refractivity contribution in [3.63, 3.8) is 0 Å². The summed E-state index contributed by atoms with van der Waals surface area (Å²) in [6, 6.07) is 0. The molecule has 4 heteroatoms. The van der Waals surface area contributed by atoms with Gasteiger partial charge in [0.05, 0.1) is 13.7 Å². The number of esters is 1. The Bertz CT molecular complexity index is 316. The molecule has 0 bridgehead atoms. The van der Waals surface area contributed by atoms with Crippen molar-refractivity contribution in [1.29, 1.82) is 0 Å². The molecule has 0 aliphatic carbocycles. The number of methoxy groups -OCH3 is 1. The average Bonchev–Trinajstić information content (AvgIpc) is 2.15. The van der Waals surface area contributed by atoms with Crippen LogP contribution in [0.3, 0.4) is 0 Å². The van der Waals surface area contributed by atoms with Crippen molar-refractivity contribution in [3.05, 3.63) is 11.8 Å². The molecule has 0 saturated carbocycles. The van der Waals surface area contributed by atoms with Crippen molar-refractivity contribution < 1.29 is 14.3 Å². The first-order chi connectivity index (χ1) is 6.98. The van der Waals surface area contributed by atoms with E-state index in [0.29, 0.717) is 24.6 Å². The molecule has 0 aromatic carbocycles. The highest BCUT2D eigenvalue weighted by atomic mass is 16.5. The third kappa shape index (κ3) is 3.08. The molecule has 4 nitrogen and oxygen atoms in total. The van der Waals surface area contributed by atoms with Crippen molar-refractivity contribution in [2.45, 2.75) is 27.2 Å². The number of hydrogen-bond donors (Lipinski definition) is 0. The van der Waals surface area contributed by atoms with Gasteiger partial charge in [0.15, 0.2) is 5.90 Å². The van der Waals surface area contributed by atoms with Gasteiger partial charge in [0.25, 0.3) is 0 Å². The summed E-state index contributed by atoms with van der Waals surface area (Å²) in [4.78, 5) is 15.6. The fourth-order valence-corrected chi connectivity index (χ4v) is 1.44. The molecule has 0 N–H and O–H groups in total. The Kier molecular flexibility index (Phi) is 3.50. The molecule has 1 aliphatic rings. The van der Waals surface area contributed by atoms with Gasteiger partial charge in [-0.15, -0.1) is 0 Å². The lowest BCUT2D eigenvalue weighted by Crippen LogP contribution is -2.23. The second kappa shape index (κ2) is 4.47. The topological polar surface area (TPSA) is 47.9 Å². The number of nitrogens with zero attached hydrogens (tertiary/aromatic N) is 1. The summed E-state index contributed by atoms with van der Waals surface area (Å²) < 4.78 is 9.98. The minimum Gasteiger partial charge on any atom is -0.484 e. The first-order valence-electron chi connectivity index (χ1n) is 5.00. The normalized spacial score (nSPS) is 18.9. The monoisotopic (exact) mass is 211 g/mol. The van der Waals surface area contributed by atoms with Crippen LogP contribution in [0.25, 0.3) is 0 Å². The summed E-state index contributed by atoms with van der Waals surface area (Å²) >= 11 is 0. The van der Waals surface area contributed by atoms with E-state index >= 15 is 0 Å². The molecule has 0 unspecified atom stereocenters. The molecule has 84 valence electrons. The van der Waals surface area contributed by atoms with Crippen molar-refractivity contribution in [2.24, 2.45) is 10.4 Å². The minimum atomic E-state index is -0.389. The first-order valence-corrected chi connectivity index (χ1v) is 5.00. The smallest absolute Gasteiger partial charge is 0.356 e. The van der Waals surface area contributed by atoms with E-state index in [1.54, 1.807) is 14.0 Å². The Balaban J connectivity index is 2.90. The maximum absolute atomic E-state index is 11.5. The van der Waals surface area contributed by atoms with Crippen LogP contribution in [0.5, 0.6) is 0 Å². The van der Waals surface area contributed by atoms with Gasteiger partial charge in [0.2, 0.25) is 0 Å². The van der Waals surface area contributed by atoms with Crippen molar-refractivity contribution in [2.75, 3.05) is 13.7 Å². The second-order valence-electron chi connectivity index (χ2n) is 4.13. The summed E-state index contributed by atoms with van der Waals surface area (Å²) in [7, 11) is 1.56. The molecule has 1 aliphatic heterocycles. The fraction of sp³-hybridized carbons (Fsp3) is 0.636. The largest absolute Gasteiger partial charge is 0.484 e. The van der Waals surface area contributed by atoms with Gasteiger partial charge in [-0.1, -0.05) is 13.8 Å². The standard InChI is InChI=1S/C11H17NO3/c1-5-15-10(13)8-6-11(2,3)7-9(12-8)14-4/h6H,5,7H2,1-4H3. The molecule has 0 fully saturated rings. The maximum Gasteiger partial charge on any atom is 0.356 e. The van der Waals surface area contributed by atoms with Gasteiger partial charge in [0, 0.05) is 6.42 Å². The highest BCUT2D eigenvalue weighted by Crippen LogP contribution is 2.29. The molecule has 1 rings (SSSR count). The van der Waals surface area contributed by atoms with Crippen LogP contribution in [-0.4, -0.2) is 25.6 Å². The summed E-state index contributed by atoms with van der Waals surface area (Å²) in [5.41, 5.74) is 0.222. The average molecular weight is 211 g/mol. The molecule has 15 heavy (non-hydrogen) atoms. The molecule has 1 heterocycles. The Morgan fingerprint density at radius 1 is 1.60 bits per heavy atom. The van der Waals surface area contributed by atoms with Crippen LogP contribution in [0, 0.1) is 5.41 Å². The van der Waals surface area contributed by atoms with Gasteiger partial charge in [-0.05, 0) is 18.4 Å². The predicted molar refractivity (Wildman–Crippen MR) is 57.6 cm³/mol. The number of ether oxygens (including phenoxy) is 2. The van der Waals surface area contributed by atoms with Crippen LogP contribution in [-0.2, 0) is 14.3 Å². The van der Waals surface area contributed by atoms with E-state index in [9.17, 15) is 4.79 Å². The van der Waals surface area contributed by atoms with E-state index in [4.69, 9.17) is 9.47 Å². The van der Waals surface area contributed by atoms with Gasteiger partial charge < -0.3 is 9.47 Å². The zero-order valence-corrected chi connectivity index (χ0v) is 9.66. The summed E-state index contributed by atoms with van der Waals surface area (Å²) in [5.74, 6) is 0.186. The zero-order chi connectivity index (χ0) is 11.5. The number of rotatable bonds is 2. The van der Waals surface area contributed by atoms with Crippen molar-refractivity contribution in [1.82, 2.24) is 0 Å². The van der Waals surface area contributed by atoms with E-state index in [0.717, 1.165) is 0 Å². The molecule has 0 aromatic heterocycles. The third-order valence-electron chi connectivity index (χ3n) is 2.10. The van der Waals surface area contributed by atoms with E-state index < -0.39 is 0 Å². The molecule has 0 saturated heterocycles. The van der Waals surface area contributed by atoms with Gasteiger partial charge in [-0.3, -0.25) is 0 Å². The SMILES string of the molecule is CCOC(=O)C1=CC(C)(C)CC(OC)=N1. The lowest BCUT2D eigenvalue weighted by Gasteiger charge is -2.25. The van der Waals surface area contributed by atoms with E-state index in [1.807, 2.05) is 19.9 Å². The molecular weight excluding hydrogens is 194 g/mol. The van der Waals surface area contributed by atoms with Gasteiger partial charge in [0.1, 0.15) is 5.70 Å². The lowest BCUT2D eigenvalue weighted by molar-refractivity contribution is -0.138. The van der Waals surface area contributed by atoms with Crippen LogP contribution < -0.4 is 0 Å². The van der Waals surface area contributed by atoms with Gasteiger partial charge in [-0.2, -0.15) is 0 Å². The molecule has 0 radical (unpaired) electrons. The number of carbonyl (C=O) groups is 1. The quantitative estimate of drug-likeness (QED) is 0.655. The molecule has 0 spiro atoms. The summed E-state index contributed by atoms with van der Waals surface area (Å²) in [6.45, 7) is 6.18. The molecule has 0 amide bonds. The highest BCUT2D eigenvalue weighted by molar-refractivity contribution is 5.93. The molecular formula is C11H17NO3. The summed E-state index contributed by atoms with van der Waals surface area (Å²) in [5, 5.41) is 0. The fourth-order valence-electron chi connectivity index (χ4n) is 1.44. The maximum atomic E-state index is 11.5. The Labute approximate surface area is 90.0 Å². The van der Waals surface area contributed by atoms with Crippen LogP contribution in [0.1, 0.15) is 27.2 Å². The number of allylic oxidation sites excluding steroid dienone is 1. The van der Waals surface area contributed by atoms with E-state index in [-0.39, 0.29) is 11.4 Å². The molecule has 0 aromatic rings. The number of aliphatic imine (C=N–C) groups is 1. The Morgan fingerprint density at radius 2 is 2.27 bits per heavy atom. The second-order valence-corrected chi connectivity index (χ2v) is 4.13. The van der Waals surface area contributed by atoms with Crippen LogP contribution in [0.4, 0.5) is 0 Å². The predicted octanol–water partition coefficient (Wildman–Crippen LogP) is 1.91. The Hall–Kier alpha value is -1.32. The highest BCUT2D eigenvalue weighted by Gasteiger charge is 2.27. The van der Waals surface area contributed by atoms with Crippen molar-refractivity contribution in [3.8, 4) is 0 Å². The zero-order valence-electron chi connectivity index (χ0n) is 9.66. The van der Waals surface area contributed by atoms with E-state index in [1.165, 1.54) is 0 Å². The number of hydrogen-bond acceptors (Lipinski definition) is 4. The lowest BCUT2D eigenvalue weighted by atomic mass is 9.86. The van der Waals surface area contributed by atoms with Crippen LogP contribution in [0.2, 0.25) is 0 Å². The van der Waals surface area contributed by atoms with Crippen molar-refractivity contribution >= 4 is 11.9 Å².